The summed E-state index contributed by atoms with van der Waals surface area (Å²) in [5.74, 6) is -0.0530. The van der Waals surface area contributed by atoms with Crippen molar-refractivity contribution in [1.82, 2.24) is 0 Å². The van der Waals surface area contributed by atoms with Crippen LogP contribution in [0.3, 0.4) is 0 Å². The van der Waals surface area contributed by atoms with Crippen LogP contribution in [0, 0.1) is 0 Å². The third-order valence-corrected chi connectivity index (χ3v) is 3.49. The number of aliphatic hydroxyl groups is 1. The molecule has 0 spiro atoms. The molecule has 0 unspecified atom stereocenters. The van der Waals surface area contributed by atoms with E-state index in [0.717, 1.165) is 16.7 Å². The third-order valence-electron chi connectivity index (χ3n) is 3.49. The average Bonchev–Trinajstić information content (AvgIpc) is 2.62. The van der Waals surface area contributed by atoms with Crippen LogP contribution in [-0.4, -0.2) is 31.4 Å². The van der Waals surface area contributed by atoms with E-state index in [9.17, 15) is 4.79 Å². The van der Waals surface area contributed by atoms with Crippen LogP contribution in [0.25, 0.3) is 16.7 Å². The van der Waals surface area contributed by atoms with Gasteiger partial charge in [0.25, 0.3) is 0 Å². The number of benzene rings is 2. The van der Waals surface area contributed by atoms with E-state index in [1.54, 1.807) is 12.1 Å². The maximum Gasteiger partial charge on any atom is 0.341 e. The van der Waals surface area contributed by atoms with Gasteiger partial charge in [-0.05, 0) is 34.4 Å². The Kier molecular flexibility index (Phi) is 6.07. The van der Waals surface area contributed by atoms with E-state index in [2.05, 4.69) is 13.2 Å². The van der Waals surface area contributed by atoms with Gasteiger partial charge in [0.05, 0.1) is 18.8 Å². The van der Waals surface area contributed by atoms with Crippen LogP contribution in [0.2, 0.25) is 0 Å². The molecule has 0 radical (unpaired) electrons. The molecule has 2 rings (SSSR count). The number of hydrogen-bond donors (Lipinski definition) is 1. The molecule has 2 aromatic carbocycles. The van der Waals surface area contributed by atoms with E-state index in [-0.39, 0.29) is 18.8 Å². The number of rotatable bonds is 7. The topological polar surface area (TPSA) is 55.8 Å². The van der Waals surface area contributed by atoms with Crippen LogP contribution in [0.15, 0.2) is 67.3 Å². The molecular formula is C20H20O4. The van der Waals surface area contributed by atoms with Crippen LogP contribution >= 0.6 is 0 Å². The monoisotopic (exact) mass is 324 g/mol. The van der Waals surface area contributed by atoms with Crippen molar-refractivity contribution in [2.75, 3.05) is 20.3 Å². The van der Waals surface area contributed by atoms with Crippen LogP contribution in [0.5, 0.6) is 5.75 Å². The van der Waals surface area contributed by atoms with Gasteiger partial charge in [-0.15, -0.1) is 0 Å². The highest BCUT2D eigenvalue weighted by Crippen LogP contribution is 2.24. The summed E-state index contributed by atoms with van der Waals surface area (Å²) in [7, 11) is 1.49. The summed E-state index contributed by atoms with van der Waals surface area (Å²) in [6.07, 6.45) is 0. The Morgan fingerprint density at radius 1 is 1.00 bits per heavy atom. The molecule has 124 valence electrons. The predicted molar refractivity (Wildman–Crippen MR) is 94.6 cm³/mol. The quantitative estimate of drug-likeness (QED) is 0.481. The van der Waals surface area contributed by atoms with Gasteiger partial charge in [-0.25, -0.2) is 4.79 Å². The van der Waals surface area contributed by atoms with Crippen molar-refractivity contribution in [3.8, 4) is 16.9 Å². The van der Waals surface area contributed by atoms with Crippen LogP contribution in [0.4, 0.5) is 0 Å². The first-order chi connectivity index (χ1) is 11.5. The smallest absolute Gasteiger partial charge is 0.341 e. The zero-order valence-electron chi connectivity index (χ0n) is 13.6. The van der Waals surface area contributed by atoms with Gasteiger partial charge < -0.3 is 14.6 Å². The second kappa shape index (κ2) is 8.24. The van der Waals surface area contributed by atoms with Gasteiger partial charge in [-0.2, -0.15) is 0 Å². The molecule has 0 atom stereocenters. The van der Waals surface area contributed by atoms with Gasteiger partial charge in [0.2, 0.25) is 0 Å². The number of ether oxygens (including phenoxy) is 2. The van der Waals surface area contributed by atoms with Crippen molar-refractivity contribution in [2.45, 2.75) is 0 Å². The van der Waals surface area contributed by atoms with Crippen molar-refractivity contribution in [3.63, 3.8) is 0 Å². The fraction of sp³-hybridized carbons (Fsp3) is 0.150. The molecule has 0 aliphatic heterocycles. The summed E-state index contributed by atoms with van der Waals surface area (Å²) in [6, 6.07) is 14.9. The van der Waals surface area contributed by atoms with Gasteiger partial charge in [0, 0.05) is 7.11 Å². The average molecular weight is 324 g/mol. The maximum atomic E-state index is 11.8. The first kappa shape index (κ1) is 17.7. The zero-order valence-corrected chi connectivity index (χ0v) is 13.6. The van der Waals surface area contributed by atoms with E-state index < -0.39 is 5.97 Å². The van der Waals surface area contributed by atoms with Gasteiger partial charge >= 0.3 is 5.97 Å². The lowest BCUT2D eigenvalue weighted by molar-refractivity contribution is -0.130. The van der Waals surface area contributed by atoms with E-state index in [4.69, 9.17) is 14.6 Å². The Hall–Kier alpha value is -2.69. The lowest BCUT2D eigenvalue weighted by atomic mass is 10.0. The molecule has 0 amide bonds. The Bertz CT molecular complexity index is 727. The van der Waals surface area contributed by atoms with E-state index in [0.29, 0.717) is 11.3 Å². The van der Waals surface area contributed by atoms with Gasteiger partial charge in [-0.3, -0.25) is 0 Å². The molecule has 2 aromatic rings. The minimum absolute atomic E-state index is 0.0617. The minimum Gasteiger partial charge on any atom is -0.423 e. The Morgan fingerprint density at radius 3 is 2.04 bits per heavy atom. The fourth-order valence-electron chi connectivity index (χ4n) is 2.12. The van der Waals surface area contributed by atoms with Crippen molar-refractivity contribution < 1.29 is 19.4 Å². The van der Waals surface area contributed by atoms with Crippen molar-refractivity contribution in [2.24, 2.45) is 0 Å². The van der Waals surface area contributed by atoms with Gasteiger partial charge in [0.1, 0.15) is 5.75 Å². The maximum absolute atomic E-state index is 11.8. The van der Waals surface area contributed by atoms with E-state index >= 15 is 0 Å². The first-order valence-corrected chi connectivity index (χ1v) is 7.43. The Balaban J connectivity index is 2.07. The number of esters is 1. The van der Waals surface area contributed by atoms with Crippen molar-refractivity contribution >= 4 is 11.5 Å². The fourth-order valence-corrected chi connectivity index (χ4v) is 2.12. The predicted octanol–water partition coefficient (Wildman–Crippen LogP) is 3.47. The first-order valence-electron chi connectivity index (χ1n) is 7.43. The number of aliphatic hydroxyl groups excluding tert-OH is 1. The zero-order chi connectivity index (χ0) is 17.5. The van der Waals surface area contributed by atoms with Crippen LogP contribution < -0.4 is 4.74 Å². The van der Waals surface area contributed by atoms with Crippen molar-refractivity contribution in [3.05, 3.63) is 72.8 Å². The van der Waals surface area contributed by atoms with E-state index in [1.807, 2.05) is 36.4 Å². The lowest BCUT2D eigenvalue weighted by Crippen LogP contribution is -2.13. The Morgan fingerprint density at radius 2 is 1.54 bits per heavy atom. The summed E-state index contributed by atoms with van der Waals surface area (Å²) in [4.78, 5) is 11.8. The normalized spacial score (nSPS) is 10.2. The number of methoxy groups -OCH3 is 1. The highest BCUT2D eigenvalue weighted by molar-refractivity contribution is 5.89. The minimum atomic E-state index is -0.503. The molecule has 0 aliphatic carbocycles. The molecule has 4 nitrogen and oxygen atoms in total. The summed E-state index contributed by atoms with van der Waals surface area (Å²) >= 11 is 0. The number of carbonyl (C=O) groups is 1. The standard InChI is InChI=1S/C20H20O4/c1-14(12-21)16-4-6-17(7-5-16)18-8-10-19(11-9-18)24-20(22)15(2)13-23-3/h4-11,21H,1-2,12-13H2,3H3. The second-order valence-corrected chi connectivity index (χ2v) is 5.29. The largest absolute Gasteiger partial charge is 0.423 e. The summed E-state index contributed by atoms with van der Waals surface area (Å²) in [6.45, 7) is 7.49. The molecule has 0 bridgehead atoms. The van der Waals surface area contributed by atoms with Crippen LogP contribution in [0.1, 0.15) is 5.56 Å². The third kappa shape index (κ3) is 4.41. The number of carbonyl (C=O) groups excluding carboxylic acids is 1. The molecule has 0 aromatic heterocycles. The highest BCUT2D eigenvalue weighted by atomic mass is 16.5. The molecule has 0 heterocycles. The number of hydrogen-bond acceptors (Lipinski definition) is 4. The van der Waals surface area contributed by atoms with Gasteiger partial charge in [-0.1, -0.05) is 49.6 Å². The molecule has 24 heavy (non-hydrogen) atoms. The summed E-state index contributed by atoms with van der Waals surface area (Å²) < 4.78 is 10.1. The molecule has 0 aliphatic rings. The summed E-state index contributed by atoms with van der Waals surface area (Å²) in [5, 5.41) is 9.09. The van der Waals surface area contributed by atoms with Crippen molar-refractivity contribution in [1.29, 1.82) is 0 Å². The SMILES string of the molecule is C=C(COC)C(=O)Oc1ccc(-c2ccc(C(=C)CO)cc2)cc1. The second-order valence-electron chi connectivity index (χ2n) is 5.29. The molecule has 1 N–H and O–H groups in total. The summed E-state index contributed by atoms with van der Waals surface area (Å²) in [5.41, 5.74) is 3.86. The van der Waals surface area contributed by atoms with Crippen LogP contribution in [-0.2, 0) is 9.53 Å². The lowest BCUT2D eigenvalue weighted by Gasteiger charge is -2.08. The Labute approximate surface area is 141 Å². The molecule has 0 saturated carbocycles. The molecule has 0 fully saturated rings. The van der Waals surface area contributed by atoms with E-state index in [1.165, 1.54) is 7.11 Å². The molecular weight excluding hydrogens is 304 g/mol. The van der Waals surface area contributed by atoms with Gasteiger partial charge in [0.15, 0.2) is 0 Å². The highest BCUT2D eigenvalue weighted by Gasteiger charge is 2.09. The molecule has 4 heteroatoms. The molecule has 0 saturated heterocycles.